The van der Waals surface area contributed by atoms with Crippen molar-refractivity contribution in [2.45, 2.75) is 19.9 Å². The van der Waals surface area contributed by atoms with Crippen LogP contribution in [0, 0.1) is 12.7 Å². The van der Waals surface area contributed by atoms with E-state index in [-0.39, 0.29) is 11.1 Å². The Kier molecular flexibility index (Phi) is 5.67. The fourth-order valence-corrected chi connectivity index (χ4v) is 3.02. The largest absolute Gasteiger partial charge is 0.306 e. The Labute approximate surface area is 142 Å². The molecule has 0 radical (unpaired) electrons. The zero-order chi connectivity index (χ0) is 15.6. The predicted octanol–water partition coefficient (Wildman–Crippen LogP) is 5.90. The Balaban J connectivity index is 2.56. The first kappa shape index (κ1) is 16.8. The van der Waals surface area contributed by atoms with Crippen molar-refractivity contribution < 1.29 is 4.39 Å². The number of benzene rings is 2. The fraction of sp³-hybridized carbons (Fsp3) is 0.250. The minimum Gasteiger partial charge on any atom is -0.306 e. The Morgan fingerprint density at radius 3 is 2.48 bits per heavy atom. The molecule has 0 heterocycles. The second-order valence-corrected chi connectivity index (χ2v) is 6.42. The quantitative estimate of drug-likeness (QED) is 0.640. The molecule has 0 aliphatic rings. The van der Waals surface area contributed by atoms with Crippen molar-refractivity contribution in [2.75, 3.05) is 6.54 Å². The lowest BCUT2D eigenvalue weighted by molar-refractivity contribution is 0.557. The summed E-state index contributed by atoms with van der Waals surface area (Å²) in [6.45, 7) is 4.65. The summed E-state index contributed by atoms with van der Waals surface area (Å²) in [6, 6.07) is 8.84. The molecule has 1 atom stereocenters. The van der Waals surface area contributed by atoms with Gasteiger partial charge in [-0.15, -0.1) is 0 Å². The Morgan fingerprint density at radius 2 is 1.86 bits per heavy atom. The maximum Gasteiger partial charge on any atom is 0.148 e. The van der Waals surface area contributed by atoms with E-state index in [9.17, 15) is 4.39 Å². The smallest absolute Gasteiger partial charge is 0.148 e. The van der Waals surface area contributed by atoms with Gasteiger partial charge in [0, 0.05) is 15.1 Å². The molecular formula is C16H15BrCl2FN. The molecule has 1 unspecified atom stereocenters. The topological polar surface area (TPSA) is 12.0 Å². The molecule has 0 bridgehead atoms. The molecule has 5 heteroatoms. The van der Waals surface area contributed by atoms with Gasteiger partial charge in [0.05, 0.1) is 11.1 Å². The molecule has 1 N–H and O–H groups in total. The number of aryl methyl sites for hydroxylation is 1. The lowest BCUT2D eigenvalue weighted by Gasteiger charge is -2.22. The third kappa shape index (κ3) is 3.59. The molecule has 0 saturated heterocycles. The second kappa shape index (κ2) is 7.10. The predicted molar refractivity (Wildman–Crippen MR) is 90.8 cm³/mol. The molecule has 2 aromatic carbocycles. The van der Waals surface area contributed by atoms with Crippen molar-refractivity contribution in [3.05, 3.63) is 67.4 Å². The number of nitrogens with one attached hydrogen (secondary N) is 1. The highest BCUT2D eigenvalue weighted by atomic mass is 79.9. The molecular weight excluding hydrogens is 376 g/mol. The van der Waals surface area contributed by atoms with E-state index >= 15 is 0 Å². The molecule has 2 aromatic rings. The lowest BCUT2D eigenvalue weighted by Crippen LogP contribution is -2.24. The molecule has 21 heavy (non-hydrogen) atoms. The minimum atomic E-state index is -0.411. The summed E-state index contributed by atoms with van der Waals surface area (Å²) in [7, 11) is 0. The Bertz CT molecular complexity index is 661. The van der Waals surface area contributed by atoms with Crippen molar-refractivity contribution in [3.8, 4) is 0 Å². The minimum absolute atomic E-state index is 0.0991. The van der Waals surface area contributed by atoms with E-state index in [1.54, 1.807) is 12.1 Å². The summed E-state index contributed by atoms with van der Waals surface area (Å²) in [6.07, 6.45) is 0. The molecule has 112 valence electrons. The van der Waals surface area contributed by atoms with Gasteiger partial charge in [-0.1, -0.05) is 42.3 Å². The van der Waals surface area contributed by atoms with E-state index in [4.69, 9.17) is 23.2 Å². The zero-order valence-corrected chi connectivity index (χ0v) is 14.8. The van der Waals surface area contributed by atoms with Gasteiger partial charge >= 0.3 is 0 Å². The van der Waals surface area contributed by atoms with E-state index in [1.807, 2.05) is 32.0 Å². The van der Waals surface area contributed by atoms with Gasteiger partial charge in [-0.3, -0.25) is 0 Å². The van der Waals surface area contributed by atoms with Gasteiger partial charge in [0.1, 0.15) is 5.82 Å². The monoisotopic (exact) mass is 389 g/mol. The first-order chi connectivity index (χ1) is 9.95. The molecule has 0 aromatic heterocycles. The van der Waals surface area contributed by atoms with Crippen molar-refractivity contribution >= 4 is 39.1 Å². The molecule has 2 rings (SSSR count). The lowest BCUT2D eigenvalue weighted by atomic mass is 9.94. The first-order valence-electron chi connectivity index (χ1n) is 6.58. The van der Waals surface area contributed by atoms with E-state index in [0.29, 0.717) is 21.6 Å². The van der Waals surface area contributed by atoms with Crippen LogP contribution in [0.4, 0.5) is 4.39 Å². The van der Waals surface area contributed by atoms with Gasteiger partial charge in [-0.05, 0) is 58.7 Å². The maximum atomic E-state index is 14.5. The molecule has 0 fully saturated rings. The third-order valence-electron chi connectivity index (χ3n) is 3.33. The summed E-state index contributed by atoms with van der Waals surface area (Å²) < 4.78 is 15.1. The van der Waals surface area contributed by atoms with Crippen molar-refractivity contribution in [3.63, 3.8) is 0 Å². The van der Waals surface area contributed by atoms with Gasteiger partial charge in [0.2, 0.25) is 0 Å². The van der Waals surface area contributed by atoms with Gasteiger partial charge in [0.25, 0.3) is 0 Å². The van der Waals surface area contributed by atoms with E-state index in [2.05, 4.69) is 21.2 Å². The molecule has 0 amide bonds. The normalized spacial score (nSPS) is 12.5. The first-order valence-corrected chi connectivity index (χ1v) is 8.13. The fourth-order valence-electron chi connectivity index (χ4n) is 2.32. The van der Waals surface area contributed by atoms with Gasteiger partial charge in [0.15, 0.2) is 0 Å². The van der Waals surface area contributed by atoms with Gasteiger partial charge in [-0.2, -0.15) is 0 Å². The average Bonchev–Trinajstić information content (AvgIpc) is 2.44. The van der Waals surface area contributed by atoms with Crippen LogP contribution >= 0.6 is 39.1 Å². The summed E-state index contributed by atoms with van der Waals surface area (Å²) >= 11 is 15.2. The summed E-state index contributed by atoms with van der Waals surface area (Å²) in [5.41, 5.74) is 2.51. The van der Waals surface area contributed by atoms with Crippen LogP contribution in [0.25, 0.3) is 0 Å². The van der Waals surface area contributed by atoms with E-state index in [0.717, 1.165) is 11.1 Å². The number of rotatable bonds is 4. The van der Waals surface area contributed by atoms with Crippen LogP contribution in [0.3, 0.4) is 0 Å². The molecule has 0 saturated carbocycles. The van der Waals surface area contributed by atoms with Crippen molar-refractivity contribution in [1.82, 2.24) is 5.32 Å². The van der Waals surface area contributed by atoms with Crippen LogP contribution < -0.4 is 5.32 Å². The maximum absolute atomic E-state index is 14.5. The summed E-state index contributed by atoms with van der Waals surface area (Å²) in [5.74, 6) is -0.411. The third-order valence-corrected chi connectivity index (χ3v) is 4.82. The van der Waals surface area contributed by atoms with Crippen LogP contribution in [0.5, 0.6) is 0 Å². The number of hydrogen-bond acceptors (Lipinski definition) is 1. The van der Waals surface area contributed by atoms with Crippen LogP contribution in [0.15, 0.2) is 34.8 Å². The van der Waals surface area contributed by atoms with E-state index < -0.39 is 5.82 Å². The second-order valence-electron chi connectivity index (χ2n) is 4.76. The van der Waals surface area contributed by atoms with Crippen molar-refractivity contribution in [1.29, 1.82) is 0 Å². The van der Waals surface area contributed by atoms with Crippen LogP contribution in [-0.4, -0.2) is 6.54 Å². The molecule has 0 spiro atoms. The summed E-state index contributed by atoms with van der Waals surface area (Å²) in [5, 5.41) is 4.07. The number of halogens is 4. The van der Waals surface area contributed by atoms with Crippen molar-refractivity contribution in [2.24, 2.45) is 0 Å². The highest BCUT2D eigenvalue weighted by Gasteiger charge is 2.21. The summed E-state index contributed by atoms with van der Waals surface area (Å²) in [4.78, 5) is 0. The van der Waals surface area contributed by atoms with Crippen LogP contribution in [-0.2, 0) is 0 Å². The van der Waals surface area contributed by atoms with Gasteiger partial charge in [-0.25, -0.2) is 4.39 Å². The van der Waals surface area contributed by atoms with Crippen LogP contribution in [0.1, 0.15) is 29.7 Å². The van der Waals surface area contributed by atoms with Crippen LogP contribution in [0.2, 0.25) is 10.0 Å². The number of hydrogen-bond donors (Lipinski definition) is 1. The highest BCUT2D eigenvalue weighted by Crippen LogP contribution is 2.34. The Morgan fingerprint density at radius 1 is 1.19 bits per heavy atom. The molecule has 1 nitrogen and oxygen atoms in total. The highest BCUT2D eigenvalue weighted by molar-refractivity contribution is 9.10. The zero-order valence-electron chi connectivity index (χ0n) is 11.7. The molecule has 0 aliphatic carbocycles. The standard InChI is InChI=1S/C16H15BrCl2FN/c1-3-21-16(11-5-4-10(18)8-9(11)2)12-6-7-13(17)14(19)15(12)20/h4-8,16,21H,3H2,1-2H3. The average molecular weight is 391 g/mol. The van der Waals surface area contributed by atoms with E-state index in [1.165, 1.54) is 0 Å². The van der Waals surface area contributed by atoms with Gasteiger partial charge < -0.3 is 5.32 Å². The molecule has 0 aliphatic heterocycles. The Hall–Kier alpha value is -0.610. The SMILES string of the molecule is CCNC(c1ccc(Cl)cc1C)c1ccc(Br)c(Cl)c1F.